The van der Waals surface area contributed by atoms with Gasteiger partial charge in [0.15, 0.2) is 0 Å². The molecule has 4 nitrogen and oxygen atoms in total. The van der Waals surface area contributed by atoms with Gasteiger partial charge in [-0.2, -0.15) is 13.2 Å². The Morgan fingerprint density at radius 2 is 1.86 bits per heavy atom. The average Bonchev–Trinajstić information content (AvgIpc) is 2.30. The van der Waals surface area contributed by atoms with Crippen LogP contribution in [0.5, 0.6) is 0 Å². The Morgan fingerprint density at radius 3 is 2.43 bits per heavy atom. The van der Waals surface area contributed by atoms with Crippen molar-refractivity contribution in [3.63, 3.8) is 0 Å². The maximum absolute atomic E-state index is 13.0. The third-order valence-electron chi connectivity index (χ3n) is 3.16. The van der Waals surface area contributed by atoms with Gasteiger partial charge in [0.25, 0.3) is 0 Å². The van der Waals surface area contributed by atoms with Crippen LogP contribution in [0.25, 0.3) is 0 Å². The van der Waals surface area contributed by atoms with Gasteiger partial charge >= 0.3 is 6.18 Å². The van der Waals surface area contributed by atoms with Crippen LogP contribution in [0.4, 0.5) is 17.6 Å². The van der Waals surface area contributed by atoms with Gasteiger partial charge < -0.3 is 5.32 Å². The van der Waals surface area contributed by atoms with E-state index in [9.17, 15) is 26.0 Å². The van der Waals surface area contributed by atoms with Gasteiger partial charge in [-0.15, -0.1) is 0 Å². The summed E-state index contributed by atoms with van der Waals surface area (Å²) in [5.41, 5.74) is 0. The fourth-order valence-corrected chi connectivity index (χ4v) is 3.36. The summed E-state index contributed by atoms with van der Waals surface area (Å²) in [6.45, 7) is -1.10. The summed E-state index contributed by atoms with van der Waals surface area (Å²) < 4.78 is 75.2. The van der Waals surface area contributed by atoms with Crippen molar-refractivity contribution < 1.29 is 26.0 Å². The van der Waals surface area contributed by atoms with Crippen molar-refractivity contribution in [1.29, 1.82) is 0 Å². The SMILES string of the molecule is O=S(=O)(NC1CC(NCC(F)(F)F)C1)c1cccc(F)c1. The Bertz CT molecular complexity index is 598. The molecule has 0 atom stereocenters. The largest absolute Gasteiger partial charge is 0.401 e. The van der Waals surface area contributed by atoms with Crippen LogP contribution in [0.2, 0.25) is 0 Å². The molecule has 1 aromatic rings. The summed E-state index contributed by atoms with van der Waals surface area (Å²) >= 11 is 0. The fourth-order valence-electron chi connectivity index (χ4n) is 2.06. The highest BCUT2D eigenvalue weighted by atomic mass is 32.2. The lowest BCUT2D eigenvalue weighted by molar-refractivity contribution is -0.127. The second-order valence-electron chi connectivity index (χ2n) is 4.94. The molecule has 0 unspecified atom stereocenters. The van der Waals surface area contributed by atoms with Gasteiger partial charge in [0.1, 0.15) is 5.82 Å². The third kappa shape index (κ3) is 4.65. The first-order valence-electron chi connectivity index (χ1n) is 6.24. The van der Waals surface area contributed by atoms with Crippen LogP contribution < -0.4 is 10.0 Å². The summed E-state index contributed by atoms with van der Waals surface area (Å²) in [5.74, 6) is -0.670. The van der Waals surface area contributed by atoms with E-state index in [0.29, 0.717) is 0 Å². The molecule has 1 saturated carbocycles. The zero-order valence-corrected chi connectivity index (χ0v) is 11.6. The molecule has 2 N–H and O–H groups in total. The summed E-state index contributed by atoms with van der Waals surface area (Å²) in [7, 11) is -3.85. The molecule has 0 radical (unpaired) electrons. The maximum Gasteiger partial charge on any atom is 0.401 e. The Labute approximate surface area is 119 Å². The van der Waals surface area contributed by atoms with E-state index in [1.54, 1.807) is 0 Å². The van der Waals surface area contributed by atoms with Gasteiger partial charge in [-0.3, -0.25) is 0 Å². The lowest BCUT2D eigenvalue weighted by Crippen LogP contribution is -2.53. The van der Waals surface area contributed by atoms with Crippen LogP contribution in [0, 0.1) is 5.82 Å². The van der Waals surface area contributed by atoms with Gasteiger partial charge in [-0.05, 0) is 31.0 Å². The zero-order valence-electron chi connectivity index (χ0n) is 10.8. The predicted octanol–water partition coefficient (Wildman–Crippen LogP) is 1.79. The van der Waals surface area contributed by atoms with Crippen molar-refractivity contribution in [3.8, 4) is 0 Å². The molecule has 0 aromatic heterocycles. The number of halogens is 4. The smallest absolute Gasteiger partial charge is 0.306 e. The van der Waals surface area contributed by atoms with Crippen molar-refractivity contribution in [2.75, 3.05) is 6.54 Å². The van der Waals surface area contributed by atoms with Gasteiger partial charge in [0.2, 0.25) is 10.0 Å². The van der Waals surface area contributed by atoms with Crippen molar-refractivity contribution >= 4 is 10.0 Å². The van der Waals surface area contributed by atoms with E-state index in [1.165, 1.54) is 12.1 Å². The van der Waals surface area contributed by atoms with Gasteiger partial charge in [-0.1, -0.05) is 6.07 Å². The van der Waals surface area contributed by atoms with Crippen LogP contribution in [0.3, 0.4) is 0 Å². The van der Waals surface area contributed by atoms with E-state index in [0.717, 1.165) is 12.1 Å². The number of nitrogens with one attached hydrogen (secondary N) is 2. The molecule has 0 bridgehead atoms. The number of hydrogen-bond donors (Lipinski definition) is 2. The van der Waals surface area contributed by atoms with Crippen LogP contribution in [-0.2, 0) is 10.0 Å². The van der Waals surface area contributed by atoms with Gasteiger partial charge in [0.05, 0.1) is 11.4 Å². The predicted molar refractivity (Wildman–Crippen MR) is 67.6 cm³/mol. The number of benzene rings is 1. The van der Waals surface area contributed by atoms with Crippen LogP contribution in [0.1, 0.15) is 12.8 Å². The van der Waals surface area contributed by atoms with E-state index in [1.807, 2.05) is 0 Å². The summed E-state index contributed by atoms with van der Waals surface area (Å²) in [6.07, 6.45) is -3.75. The lowest BCUT2D eigenvalue weighted by Gasteiger charge is -2.36. The molecular formula is C12H14F4N2O2S. The number of sulfonamides is 1. The highest BCUT2D eigenvalue weighted by Crippen LogP contribution is 2.24. The Hall–Kier alpha value is -1.19. The molecule has 2 rings (SSSR count). The Morgan fingerprint density at radius 1 is 1.19 bits per heavy atom. The van der Waals surface area contributed by atoms with Crippen molar-refractivity contribution in [2.24, 2.45) is 0 Å². The normalized spacial score (nSPS) is 22.9. The van der Waals surface area contributed by atoms with Crippen molar-refractivity contribution in [1.82, 2.24) is 10.0 Å². The minimum atomic E-state index is -4.29. The summed E-state index contributed by atoms with van der Waals surface area (Å²) in [6, 6.07) is 3.73. The minimum absolute atomic E-state index is 0.200. The van der Waals surface area contributed by atoms with Crippen molar-refractivity contribution in [3.05, 3.63) is 30.1 Å². The van der Waals surface area contributed by atoms with Crippen LogP contribution in [-0.4, -0.2) is 33.2 Å². The summed E-state index contributed by atoms with van der Waals surface area (Å²) in [4.78, 5) is -0.200. The molecule has 9 heteroatoms. The Balaban J connectivity index is 1.84. The van der Waals surface area contributed by atoms with Crippen LogP contribution in [0.15, 0.2) is 29.2 Å². The molecule has 1 aliphatic rings. The molecule has 0 aliphatic heterocycles. The first-order valence-corrected chi connectivity index (χ1v) is 7.72. The maximum atomic E-state index is 13.0. The second kappa shape index (κ2) is 5.90. The zero-order chi connectivity index (χ0) is 15.7. The number of hydrogen-bond acceptors (Lipinski definition) is 3. The van der Waals surface area contributed by atoms with E-state index in [-0.39, 0.29) is 23.8 Å². The van der Waals surface area contributed by atoms with E-state index >= 15 is 0 Å². The van der Waals surface area contributed by atoms with Crippen LogP contribution >= 0.6 is 0 Å². The molecule has 0 heterocycles. The second-order valence-corrected chi connectivity index (χ2v) is 6.65. The molecule has 0 saturated heterocycles. The quantitative estimate of drug-likeness (QED) is 0.811. The number of alkyl halides is 3. The molecule has 1 fully saturated rings. The highest BCUT2D eigenvalue weighted by Gasteiger charge is 2.35. The lowest BCUT2D eigenvalue weighted by atomic mass is 9.88. The monoisotopic (exact) mass is 326 g/mol. The first-order chi connectivity index (χ1) is 9.66. The van der Waals surface area contributed by atoms with E-state index in [4.69, 9.17) is 0 Å². The van der Waals surface area contributed by atoms with Gasteiger partial charge in [0, 0.05) is 12.1 Å². The molecule has 0 spiro atoms. The minimum Gasteiger partial charge on any atom is -0.306 e. The number of rotatable bonds is 5. The fraction of sp³-hybridized carbons (Fsp3) is 0.500. The van der Waals surface area contributed by atoms with Gasteiger partial charge in [-0.25, -0.2) is 17.5 Å². The average molecular weight is 326 g/mol. The Kier molecular flexibility index (Phi) is 4.54. The molecule has 1 aliphatic carbocycles. The van der Waals surface area contributed by atoms with E-state index < -0.39 is 34.6 Å². The molecule has 21 heavy (non-hydrogen) atoms. The molecule has 118 valence electrons. The van der Waals surface area contributed by atoms with Crippen molar-refractivity contribution in [2.45, 2.75) is 36.0 Å². The standard InChI is InChI=1S/C12H14F4N2O2S/c13-8-2-1-3-11(4-8)21(19,20)18-10-5-9(6-10)17-7-12(14,15)16/h1-4,9-10,17-18H,5-7H2. The highest BCUT2D eigenvalue weighted by molar-refractivity contribution is 7.89. The topological polar surface area (TPSA) is 58.2 Å². The molecule has 1 aromatic carbocycles. The van der Waals surface area contributed by atoms with E-state index in [2.05, 4.69) is 10.0 Å². The molecular weight excluding hydrogens is 312 g/mol. The molecule has 0 amide bonds. The third-order valence-corrected chi connectivity index (χ3v) is 4.68. The summed E-state index contributed by atoms with van der Waals surface area (Å²) in [5, 5.41) is 2.30. The first kappa shape index (κ1) is 16.2.